The summed E-state index contributed by atoms with van der Waals surface area (Å²) < 4.78 is 9.10. The molecule has 2 unspecified atom stereocenters. The molecule has 0 aliphatic carbocycles. The zero-order chi connectivity index (χ0) is 30.2. The Bertz CT molecular complexity index is 720. The molecule has 0 aliphatic rings. The predicted molar refractivity (Wildman–Crippen MR) is 212 cm³/mol. The molecule has 0 fully saturated rings. The number of hydrogen-bond donors (Lipinski definition) is 0. The molecule has 0 spiro atoms. The standard InChI is InChI=1S/C10H14.2C7H14O2.C6H11N.C2H6.8CH4/c1-3-9(2)10-7-5-4-6-8-10;1-5-7(2,3)6(8)9-4;1-5(2)6(3)7(8)9-4;1-4-6(2,3)5-7;1-2;;;;;;;;/h4-9H,3H2,1-2H3;5H2,1-4H3;5-6H,1-4H3;4H2,1-3H3;1-2H3;8*1H4. The van der Waals surface area contributed by atoms with Gasteiger partial charge in [-0.15, -0.1) is 0 Å². The zero-order valence-electron chi connectivity index (χ0n) is 26.8. The number of benzene rings is 1. The molecule has 0 aromatic heterocycles. The quantitative estimate of drug-likeness (QED) is 0.275. The summed E-state index contributed by atoms with van der Waals surface area (Å²) in [5, 5.41) is 8.34. The van der Waals surface area contributed by atoms with Gasteiger partial charge in [-0.1, -0.05) is 152 Å². The fraction of sp³-hybridized carbons (Fsp3) is 0.775. The van der Waals surface area contributed by atoms with E-state index in [0.717, 1.165) is 12.8 Å². The highest BCUT2D eigenvalue weighted by atomic mass is 16.5. The lowest BCUT2D eigenvalue weighted by atomic mass is 9.91. The first-order valence-corrected chi connectivity index (χ1v) is 13.7. The van der Waals surface area contributed by atoms with Gasteiger partial charge in [-0.2, -0.15) is 5.26 Å². The number of nitriles is 1. The van der Waals surface area contributed by atoms with E-state index in [1.807, 2.05) is 76.2 Å². The summed E-state index contributed by atoms with van der Waals surface area (Å²) in [6, 6.07) is 12.8. The number of methoxy groups -OCH3 is 2. The van der Waals surface area contributed by atoms with Gasteiger partial charge in [-0.25, -0.2) is 0 Å². The van der Waals surface area contributed by atoms with Crippen LogP contribution in [0.3, 0.4) is 0 Å². The van der Waals surface area contributed by atoms with Crippen molar-refractivity contribution in [2.75, 3.05) is 14.2 Å². The van der Waals surface area contributed by atoms with E-state index < -0.39 is 0 Å². The van der Waals surface area contributed by atoms with Crippen molar-refractivity contribution in [1.82, 2.24) is 0 Å². The maximum atomic E-state index is 10.8. The Balaban J connectivity index is -0.0000000301. The molecule has 2 atom stereocenters. The van der Waals surface area contributed by atoms with Gasteiger partial charge in [-0.05, 0) is 64.4 Å². The van der Waals surface area contributed by atoms with E-state index in [1.54, 1.807) is 0 Å². The molecule has 0 N–H and O–H groups in total. The average molecular weight is 650 g/mol. The van der Waals surface area contributed by atoms with E-state index in [0.29, 0.717) is 11.8 Å². The van der Waals surface area contributed by atoms with Crippen molar-refractivity contribution in [2.24, 2.45) is 22.7 Å². The minimum absolute atomic E-state index is 0. The van der Waals surface area contributed by atoms with E-state index in [2.05, 4.69) is 59.7 Å². The SMILES string of the molecule is C.C.C.C.C.C.C.C.CC.CCC(C)(C)C#N.CCC(C)(C)C(=O)OC.CCC(C)c1ccccc1.COC(=O)C(C)C(C)C. The van der Waals surface area contributed by atoms with Crippen LogP contribution in [0, 0.1) is 34.0 Å². The van der Waals surface area contributed by atoms with Crippen LogP contribution in [0.4, 0.5) is 0 Å². The van der Waals surface area contributed by atoms with Gasteiger partial charge in [-0.3, -0.25) is 9.59 Å². The molecule has 1 rings (SSSR count). The van der Waals surface area contributed by atoms with Crippen molar-refractivity contribution in [3.63, 3.8) is 0 Å². The normalized spacial score (nSPS) is 9.58. The monoisotopic (exact) mass is 650 g/mol. The molecule has 1 aromatic carbocycles. The third kappa shape index (κ3) is 43.8. The van der Waals surface area contributed by atoms with Gasteiger partial charge in [0.15, 0.2) is 0 Å². The van der Waals surface area contributed by atoms with Crippen molar-refractivity contribution in [1.29, 1.82) is 5.26 Å². The molecule has 0 amide bonds. The van der Waals surface area contributed by atoms with Crippen molar-refractivity contribution < 1.29 is 19.1 Å². The second-order valence-electron chi connectivity index (χ2n) is 10.4. The van der Waals surface area contributed by atoms with E-state index in [-0.39, 0.29) is 88.1 Å². The van der Waals surface area contributed by atoms with Gasteiger partial charge in [0, 0.05) is 0 Å². The van der Waals surface area contributed by atoms with Crippen molar-refractivity contribution >= 4 is 11.9 Å². The summed E-state index contributed by atoms with van der Waals surface area (Å²) in [5.74, 6) is 0.851. The Morgan fingerprint density at radius 2 is 1.11 bits per heavy atom. The van der Waals surface area contributed by atoms with Crippen LogP contribution in [0.5, 0.6) is 0 Å². The molecule has 1 aromatic rings. The van der Waals surface area contributed by atoms with Crippen LogP contribution in [0.1, 0.15) is 180 Å². The van der Waals surface area contributed by atoms with Crippen LogP contribution in [0.15, 0.2) is 30.3 Å². The fourth-order valence-electron chi connectivity index (χ4n) is 1.98. The number of nitrogens with zero attached hydrogens (tertiary/aromatic N) is 1. The minimum atomic E-state index is -0.311. The first kappa shape index (κ1) is 78.8. The number of carbonyl (C=O) groups is 2. The molecular formula is C40H91NO4. The highest BCUT2D eigenvalue weighted by Crippen LogP contribution is 2.20. The van der Waals surface area contributed by atoms with Crippen LogP contribution < -0.4 is 0 Å². The van der Waals surface area contributed by atoms with Crippen LogP contribution in [0.25, 0.3) is 0 Å². The van der Waals surface area contributed by atoms with E-state index in [4.69, 9.17) is 5.26 Å². The number of rotatable bonds is 7. The third-order valence-electron chi connectivity index (χ3n) is 6.36. The highest BCUT2D eigenvalue weighted by molar-refractivity contribution is 5.75. The van der Waals surface area contributed by atoms with Crippen LogP contribution in [-0.2, 0) is 19.1 Å². The number of carbonyl (C=O) groups excluding carboxylic acids is 2. The highest BCUT2D eigenvalue weighted by Gasteiger charge is 2.25. The van der Waals surface area contributed by atoms with Gasteiger partial charge in [0.25, 0.3) is 0 Å². The predicted octanol–water partition coefficient (Wildman–Crippen LogP) is 14.3. The van der Waals surface area contributed by atoms with Crippen molar-refractivity contribution in [3.8, 4) is 6.07 Å². The summed E-state index contributed by atoms with van der Waals surface area (Å²) in [6.45, 7) is 26.0. The summed E-state index contributed by atoms with van der Waals surface area (Å²) in [6.07, 6.45) is 2.98. The Labute approximate surface area is 289 Å². The summed E-state index contributed by atoms with van der Waals surface area (Å²) in [7, 11) is 2.83. The van der Waals surface area contributed by atoms with E-state index in [9.17, 15) is 9.59 Å². The van der Waals surface area contributed by atoms with Crippen LogP contribution in [-0.4, -0.2) is 26.2 Å². The van der Waals surface area contributed by atoms with Gasteiger partial charge in [0.2, 0.25) is 0 Å². The number of hydrogen-bond acceptors (Lipinski definition) is 5. The molecule has 0 saturated carbocycles. The minimum Gasteiger partial charge on any atom is -0.469 e. The molecular weight excluding hydrogens is 558 g/mol. The molecule has 280 valence electrons. The van der Waals surface area contributed by atoms with E-state index >= 15 is 0 Å². The number of ether oxygens (including phenoxy) is 2. The Morgan fingerprint density at radius 3 is 1.27 bits per heavy atom. The molecule has 0 heterocycles. The largest absolute Gasteiger partial charge is 0.469 e. The lowest BCUT2D eigenvalue weighted by Gasteiger charge is -2.17. The Morgan fingerprint density at radius 1 is 0.733 bits per heavy atom. The maximum absolute atomic E-state index is 10.8. The second kappa shape index (κ2) is 46.1. The topological polar surface area (TPSA) is 76.4 Å². The molecule has 5 nitrogen and oxygen atoms in total. The van der Waals surface area contributed by atoms with Gasteiger partial charge >= 0.3 is 11.9 Å². The van der Waals surface area contributed by atoms with Crippen molar-refractivity contribution in [2.45, 2.75) is 175 Å². The van der Waals surface area contributed by atoms with Crippen LogP contribution >= 0.6 is 0 Å². The summed E-state index contributed by atoms with van der Waals surface area (Å²) >= 11 is 0. The first-order chi connectivity index (χ1) is 17.1. The number of esters is 2. The molecule has 0 bridgehead atoms. The van der Waals surface area contributed by atoms with Gasteiger partial charge < -0.3 is 9.47 Å². The average Bonchev–Trinajstić information content (AvgIpc) is 2.93. The lowest BCUT2D eigenvalue weighted by Crippen LogP contribution is -2.24. The maximum Gasteiger partial charge on any atom is 0.311 e. The molecule has 0 saturated heterocycles. The summed E-state index contributed by atoms with van der Waals surface area (Å²) in [5.41, 5.74) is 1.03. The van der Waals surface area contributed by atoms with E-state index in [1.165, 1.54) is 26.2 Å². The molecule has 5 heteroatoms. The van der Waals surface area contributed by atoms with Gasteiger partial charge in [0.05, 0.1) is 37.0 Å². The first-order valence-electron chi connectivity index (χ1n) is 13.7. The van der Waals surface area contributed by atoms with Gasteiger partial charge in [0.1, 0.15) is 0 Å². The molecule has 0 aliphatic heterocycles. The smallest absolute Gasteiger partial charge is 0.311 e. The Hall–Kier alpha value is -2.35. The fourth-order valence-corrected chi connectivity index (χ4v) is 1.98. The lowest BCUT2D eigenvalue weighted by molar-refractivity contribution is -0.151. The van der Waals surface area contributed by atoms with Crippen molar-refractivity contribution in [3.05, 3.63) is 35.9 Å². The Kier molecular flexibility index (Phi) is 80.6. The molecule has 45 heavy (non-hydrogen) atoms. The zero-order valence-corrected chi connectivity index (χ0v) is 26.8. The summed E-state index contributed by atoms with van der Waals surface area (Å²) in [4.78, 5) is 21.6. The third-order valence-corrected chi connectivity index (χ3v) is 6.36. The second-order valence-corrected chi connectivity index (χ2v) is 10.4. The molecule has 0 radical (unpaired) electrons. The van der Waals surface area contributed by atoms with Crippen LogP contribution in [0.2, 0.25) is 0 Å².